The summed E-state index contributed by atoms with van der Waals surface area (Å²) >= 11 is 0. The van der Waals surface area contributed by atoms with Crippen molar-refractivity contribution in [2.45, 2.75) is 44.6 Å². The molecule has 1 saturated heterocycles. The van der Waals surface area contributed by atoms with E-state index in [4.69, 9.17) is 0 Å². The summed E-state index contributed by atoms with van der Waals surface area (Å²) in [7, 11) is 0. The highest BCUT2D eigenvalue weighted by Crippen LogP contribution is 2.64. The molecule has 1 aliphatic heterocycles. The second-order valence-corrected chi connectivity index (χ2v) is 8.13. The predicted octanol–water partition coefficient (Wildman–Crippen LogP) is 2.93. The maximum Gasteiger partial charge on any atom is 0.231 e. The number of nitrogens with zero attached hydrogens (tertiary/aromatic N) is 3. The van der Waals surface area contributed by atoms with Gasteiger partial charge in [-0.1, -0.05) is 44.2 Å². The lowest BCUT2D eigenvalue weighted by Gasteiger charge is -2.34. The number of rotatable bonds is 4. The first-order valence-electron chi connectivity index (χ1n) is 9.40. The highest BCUT2D eigenvalue weighted by Gasteiger charge is 2.67. The van der Waals surface area contributed by atoms with Gasteiger partial charge in [-0.25, -0.2) is 4.98 Å². The third kappa shape index (κ3) is 2.85. The molecule has 2 heterocycles. The van der Waals surface area contributed by atoms with Gasteiger partial charge in [0.2, 0.25) is 5.91 Å². The minimum atomic E-state index is -0.379. The fourth-order valence-corrected chi connectivity index (χ4v) is 4.37. The lowest BCUT2D eigenvalue weighted by atomic mass is 9.86. The van der Waals surface area contributed by atoms with Crippen molar-refractivity contribution < 1.29 is 4.79 Å². The third-order valence-corrected chi connectivity index (χ3v) is 6.10. The molecule has 1 amide bonds. The van der Waals surface area contributed by atoms with Gasteiger partial charge in [-0.05, 0) is 30.2 Å². The summed E-state index contributed by atoms with van der Waals surface area (Å²) < 4.78 is 0. The summed E-state index contributed by atoms with van der Waals surface area (Å²) in [5.41, 5.74) is 0.772. The normalized spacial score (nSPS) is 24.9. The Morgan fingerprint density at radius 1 is 1.15 bits per heavy atom. The first kappa shape index (κ1) is 17.0. The van der Waals surface area contributed by atoms with E-state index < -0.39 is 0 Å². The summed E-state index contributed by atoms with van der Waals surface area (Å²) in [6.07, 6.45) is 8.00. The van der Waals surface area contributed by atoms with Crippen molar-refractivity contribution in [2.24, 2.45) is 5.41 Å². The van der Waals surface area contributed by atoms with Crippen molar-refractivity contribution in [2.75, 3.05) is 18.0 Å². The molecule has 1 saturated carbocycles. The summed E-state index contributed by atoms with van der Waals surface area (Å²) in [4.78, 5) is 24.0. The van der Waals surface area contributed by atoms with Gasteiger partial charge in [-0.2, -0.15) is 0 Å². The van der Waals surface area contributed by atoms with Crippen LogP contribution in [-0.4, -0.2) is 35.0 Å². The first-order valence-corrected chi connectivity index (χ1v) is 9.40. The van der Waals surface area contributed by atoms with Gasteiger partial charge in [0.15, 0.2) is 0 Å². The topological polar surface area (TPSA) is 58.1 Å². The fourth-order valence-electron chi connectivity index (χ4n) is 4.37. The zero-order valence-corrected chi connectivity index (χ0v) is 15.5. The molecular weight excluding hydrogens is 324 g/mol. The summed E-state index contributed by atoms with van der Waals surface area (Å²) in [6, 6.07) is 10.5. The van der Waals surface area contributed by atoms with E-state index in [0.29, 0.717) is 0 Å². The Hall–Kier alpha value is -2.43. The standard InChI is InChI=1S/C21H26N4O/c1-20(2)15-21(20,16-6-4-3-5-7-16)19(26)24-17-8-12-25(13-9-17)18-14-22-10-11-23-18/h3-7,10-11,14,17H,8-9,12-13,15H2,1-2H3,(H,24,26). The molecule has 0 bridgehead atoms. The van der Waals surface area contributed by atoms with Crippen molar-refractivity contribution in [3.63, 3.8) is 0 Å². The van der Waals surface area contributed by atoms with Crippen molar-refractivity contribution in [1.29, 1.82) is 0 Å². The second-order valence-electron chi connectivity index (χ2n) is 8.13. The van der Waals surface area contributed by atoms with Gasteiger partial charge in [0.1, 0.15) is 5.82 Å². The van der Waals surface area contributed by atoms with E-state index in [9.17, 15) is 4.79 Å². The zero-order valence-electron chi connectivity index (χ0n) is 15.5. The number of anilines is 1. The number of benzene rings is 1. The van der Waals surface area contributed by atoms with Gasteiger partial charge in [0, 0.05) is 31.5 Å². The maximum absolute atomic E-state index is 13.2. The Kier molecular flexibility index (Phi) is 4.17. The minimum Gasteiger partial charge on any atom is -0.355 e. The van der Waals surface area contributed by atoms with Crippen LogP contribution in [0.4, 0.5) is 5.82 Å². The highest BCUT2D eigenvalue weighted by molar-refractivity contribution is 5.93. The SMILES string of the molecule is CC1(C)CC1(C(=O)NC1CCN(c2cnccn2)CC1)c1ccccc1. The highest BCUT2D eigenvalue weighted by atomic mass is 16.2. The number of nitrogens with one attached hydrogen (secondary N) is 1. The van der Waals surface area contributed by atoms with E-state index in [1.54, 1.807) is 18.6 Å². The molecule has 1 aliphatic carbocycles. The molecule has 0 spiro atoms. The molecule has 1 aromatic carbocycles. The van der Waals surface area contributed by atoms with Crippen LogP contribution in [-0.2, 0) is 10.2 Å². The summed E-state index contributed by atoms with van der Waals surface area (Å²) in [6.45, 7) is 6.17. The van der Waals surface area contributed by atoms with E-state index in [2.05, 4.69) is 46.2 Å². The average Bonchev–Trinajstić information content (AvgIpc) is 3.27. The number of aromatic nitrogens is 2. The lowest BCUT2D eigenvalue weighted by molar-refractivity contribution is -0.125. The predicted molar refractivity (Wildman–Crippen MR) is 102 cm³/mol. The molecule has 2 aliphatic rings. The quantitative estimate of drug-likeness (QED) is 0.921. The number of hydrogen-bond donors (Lipinski definition) is 1. The van der Waals surface area contributed by atoms with E-state index in [1.807, 2.05) is 18.2 Å². The Labute approximate surface area is 154 Å². The van der Waals surface area contributed by atoms with Crippen molar-refractivity contribution in [1.82, 2.24) is 15.3 Å². The van der Waals surface area contributed by atoms with Gasteiger partial charge in [0.05, 0.1) is 11.6 Å². The molecule has 2 fully saturated rings. The van der Waals surface area contributed by atoms with E-state index in [0.717, 1.165) is 43.7 Å². The number of hydrogen-bond acceptors (Lipinski definition) is 4. The van der Waals surface area contributed by atoms with Crippen molar-refractivity contribution >= 4 is 11.7 Å². The molecule has 4 rings (SSSR count). The number of carbonyl (C=O) groups is 1. The Morgan fingerprint density at radius 3 is 2.42 bits per heavy atom. The minimum absolute atomic E-state index is 0.0127. The third-order valence-electron chi connectivity index (χ3n) is 6.10. The number of piperidine rings is 1. The molecule has 1 aromatic heterocycles. The smallest absolute Gasteiger partial charge is 0.231 e. The zero-order chi connectivity index (χ0) is 18.2. The molecule has 5 heteroatoms. The van der Waals surface area contributed by atoms with Crippen LogP contribution in [0.3, 0.4) is 0 Å². The summed E-state index contributed by atoms with van der Waals surface area (Å²) in [5.74, 6) is 1.10. The van der Waals surface area contributed by atoms with Crippen LogP contribution in [0.2, 0.25) is 0 Å². The van der Waals surface area contributed by atoms with Crippen LogP contribution in [0.15, 0.2) is 48.9 Å². The van der Waals surface area contributed by atoms with Gasteiger partial charge in [0.25, 0.3) is 0 Å². The maximum atomic E-state index is 13.2. The van der Waals surface area contributed by atoms with Crippen LogP contribution in [0, 0.1) is 5.41 Å². The van der Waals surface area contributed by atoms with E-state index in [1.165, 1.54) is 0 Å². The molecule has 2 aromatic rings. The first-order chi connectivity index (χ1) is 12.5. The van der Waals surface area contributed by atoms with Crippen LogP contribution >= 0.6 is 0 Å². The Bertz CT molecular complexity index is 769. The van der Waals surface area contributed by atoms with Crippen LogP contribution in [0.1, 0.15) is 38.7 Å². The second kappa shape index (κ2) is 6.38. The number of amides is 1. The van der Waals surface area contributed by atoms with E-state index >= 15 is 0 Å². The molecule has 5 nitrogen and oxygen atoms in total. The molecule has 1 atom stereocenters. The van der Waals surface area contributed by atoms with Crippen LogP contribution in [0.5, 0.6) is 0 Å². The summed E-state index contributed by atoms with van der Waals surface area (Å²) in [5, 5.41) is 3.35. The molecule has 1 unspecified atom stereocenters. The molecule has 136 valence electrons. The van der Waals surface area contributed by atoms with Crippen molar-refractivity contribution in [3.8, 4) is 0 Å². The van der Waals surface area contributed by atoms with Gasteiger partial charge < -0.3 is 10.2 Å². The largest absolute Gasteiger partial charge is 0.355 e. The Balaban J connectivity index is 1.41. The Morgan fingerprint density at radius 2 is 1.85 bits per heavy atom. The molecule has 0 radical (unpaired) electrons. The monoisotopic (exact) mass is 350 g/mol. The van der Waals surface area contributed by atoms with Gasteiger partial charge in [-0.15, -0.1) is 0 Å². The lowest BCUT2D eigenvalue weighted by Crippen LogP contribution is -2.48. The van der Waals surface area contributed by atoms with Gasteiger partial charge >= 0.3 is 0 Å². The molecular formula is C21H26N4O. The molecule has 26 heavy (non-hydrogen) atoms. The molecule has 1 N–H and O–H groups in total. The number of carbonyl (C=O) groups excluding carboxylic acids is 1. The van der Waals surface area contributed by atoms with Crippen molar-refractivity contribution in [3.05, 3.63) is 54.5 Å². The van der Waals surface area contributed by atoms with Crippen LogP contribution in [0.25, 0.3) is 0 Å². The van der Waals surface area contributed by atoms with Gasteiger partial charge in [-0.3, -0.25) is 9.78 Å². The fraction of sp³-hybridized carbons (Fsp3) is 0.476. The van der Waals surface area contributed by atoms with E-state index in [-0.39, 0.29) is 22.8 Å². The van der Waals surface area contributed by atoms with Crippen LogP contribution < -0.4 is 10.2 Å². The average molecular weight is 350 g/mol.